The molecule has 2 aromatic rings. The molecule has 0 spiro atoms. The number of nitrogens with one attached hydrogen (secondary N) is 1. The van der Waals surface area contributed by atoms with Crippen molar-refractivity contribution in [2.45, 2.75) is 25.8 Å². The molecule has 1 fully saturated rings. The molecule has 1 unspecified atom stereocenters. The van der Waals surface area contributed by atoms with Crippen LogP contribution in [0, 0.1) is 0 Å². The van der Waals surface area contributed by atoms with E-state index in [0.717, 1.165) is 50.4 Å². The number of rotatable bonds is 5. The maximum absolute atomic E-state index is 5.43. The van der Waals surface area contributed by atoms with E-state index < -0.39 is 0 Å². The number of piperazine rings is 1. The first-order valence-corrected chi connectivity index (χ1v) is 8.13. The van der Waals surface area contributed by atoms with Crippen molar-refractivity contribution in [3.05, 3.63) is 22.7 Å². The molecule has 20 heavy (non-hydrogen) atoms. The summed E-state index contributed by atoms with van der Waals surface area (Å²) in [7, 11) is 0. The van der Waals surface area contributed by atoms with Gasteiger partial charge in [0, 0.05) is 31.6 Å². The number of aromatic nitrogens is 2. The third kappa shape index (κ3) is 2.92. The average molecular weight is 292 g/mol. The first-order valence-electron chi connectivity index (χ1n) is 7.19. The Bertz CT molecular complexity index is 519. The van der Waals surface area contributed by atoms with Gasteiger partial charge in [-0.1, -0.05) is 18.5 Å². The zero-order valence-electron chi connectivity index (χ0n) is 11.7. The summed E-state index contributed by atoms with van der Waals surface area (Å²) < 4.78 is 5.43. The van der Waals surface area contributed by atoms with E-state index in [4.69, 9.17) is 4.52 Å². The normalized spacial score (nSPS) is 18.2. The van der Waals surface area contributed by atoms with Gasteiger partial charge in [-0.3, -0.25) is 4.90 Å². The van der Waals surface area contributed by atoms with Crippen molar-refractivity contribution in [3.8, 4) is 11.5 Å². The van der Waals surface area contributed by atoms with Crippen molar-refractivity contribution in [1.29, 1.82) is 0 Å². The Labute approximate surface area is 123 Å². The molecular formula is C14H20N4OS. The van der Waals surface area contributed by atoms with Gasteiger partial charge in [0.05, 0.1) is 11.6 Å². The predicted molar refractivity (Wildman–Crippen MR) is 79.7 cm³/mol. The van der Waals surface area contributed by atoms with Gasteiger partial charge in [0.15, 0.2) is 5.82 Å². The van der Waals surface area contributed by atoms with Gasteiger partial charge in [0.1, 0.15) is 0 Å². The molecule has 0 radical (unpaired) electrons. The predicted octanol–water partition coefficient (Wildman–Crippen LogP) is 2.54. The second-order valence-electron chi connectivity index (χ2n) is 5.06. The van der Waals surface area contributed by atoms with Gasteiger partial charge in [0.25, 0.3) is 5.89 Å². The van der Waals surface area contributed by atoms with Gasteiger partial charge in [0.2, 0.25) is 0 Å². The first kappa shape index (κ1) is 13.7. The van der Waals surface area contributed by atoms with Crippen LogP contribution in [0.4, 0.5) is 0 Å². The Hall–Kier alpha value is -1.24. The van der Waals surface area contributed by atoms with Crippen LogP contribution in [0.1, 0.15) is 31.6 Å². The lowest BCUT2D eigenvalue weighted by atomic mass is 10.1. The smallest absolute Gasteiger partial charge is 0.258 e. The third-order valence-electron chi connectivity index (χ3n) is 3.66. The fourth-order valence-electron chi connectivity index (χ4n) is 2.62. The summed E-state index contributed by atoms with van der Waals surface area (Å²) in [6, 6.07) is 2.29. The topological polar surface area (TPSA) is 54.2 Å². The van der Waals surface area contributed by atoms with E-state index >= 15 is 0 Å². The quantitative estimate of drug-likeness (QED) is 0.918. The van der Waals surface area contributed by atoms with E-state index in [9.17, 15) is 0 Å². The summed E-state index contributed by atoms with van der Waals surface area (Å²) in [4.78, 5) is 7.07. The molecule has 0 amide bonds. The standard InChI is InChI=1S/C14H20N4OS/c1-2-3-12(18-7-5-15-6-8-18)13-16-14(19-17-13)11-4-9-20-10-11/h4,9-10,12,15H,2-3,5-8H2,1H3. The van der Waals surface area contributed by atoms with Crippen LogP contribution in [0.3, 0.4) is 0 Å². The molecule has 2 aromatic heterocycles. The Balaban J connectivity index is 1.80. The molecule has 0 aromatic carbocycles. The van der Waals surface area contributed by atoms with Crippen LogP contribution in [0.15, 0.2) is 21.3 Å². The molecule has 5 nitrogen and oxygen atoms in total. The molecule has 1 aliphatic heterocycles. The summed E-state index contributed by atoms with van der Waals surface area (Å²) in [5.74, 6) is 1.47. The fraction of sp³-hybridized carbons (Fsp3) is 0.571. The van der Waals surface area contributed by atoms with Gasteiger partial charge < -0.3 is 9.84 Å². The maximum Gasteiger partial charge on any atom is 0.258 e. The summed E-state index contributed by atoms with van der Waals surface area (Å²) in [5.41, 5.74) is 1.02. The molecule has 1 atom stereocenters. The lowest BCUT2D eigenvalue weighted by Crippen LogP contribution is -2.45. The highest BCUT2D eigenvalue weighted by molar-refractivity contribution is 7.08. The molecular weight excluding hydrogens is 272 g/mol. The summed E-state index contributed by atoms with van der Waals surface area (Å²) in [5, 5.41) is 11.7. The molecule has 6 heteroatoms. The van der Waals surface area contributed by atoms with Crippen LogP contribution in [0.5, 0.6) is 0 Å². The first-order chi connectivity index (χ1) is 9.88. The highest BCUT2D eigenvalue weighted by Crippen LogP contribution is 2.27. The SMILES string of the molecule is CCCC(c1noc(-c2ccsc2)n1)N1CCNCC1. The van der Waals surface area contributed by atoms with Crippen LogP contribution in [-0.4, -0.2) is 41.2 Å². The highest BCUT2D eigenvalue weighted by Gasteiger charge is 2.26. The Kier molecular flexibility index (Phi) is 4.44. The van der Waals surface area contributed by atoms with Crippen molar-refractivity contribution in [2.24, 2.45) is 0 Å². The summed E-state index contributed by atoms with van der Waals surface area (Å²) in [6.45, 7) is 6.37. The van der Waals surface area contributed by atoms with Gasteiger partial charge >= 0.3 is 0 Å². The van der Waals surface area contributed by atoms with Crippen LogP contribution in [0.2, 0.25) is 0 Å². The average Bonchev–Trinajstić information content (AvgIpc) is 3.16. The molecule has 0 saturated carbocycles. The van der Waals surface area contributed by atoms with Gasteiger partial charge in [-0.2, -0.15) is 16.3 Å². The van der Waals surface area contributed by atoms with Crippen molar-refractivity contribution in [2.75, 3.05) is 26.2 Å². The van der Waals surface area contributed by atoms with Crippen molar-refractivity contribution in [3.63, 3.8) is 0 Å². The van der Waals surface area contributed by atoms with Crippen LogP contribution >= 0.6 is 11.3 Å². The Morgan fingerprint density at radius 3 is 3.00 bits per heavy atom. The number of nitrogens with zero attached hydrogens (tertiary/aromatic N) is 3. The second kappa shape index (κ2) is 6.47. The lowest BCUT2D eigenvalue weighted by molar-refractivity contribution is 0.155. The molecule has 0 aliphatic carbocycles. The molecule has 1 aliphatic rings. The Morgan fingerprint density at radius 1 is 1.45 bits per heavy atom. The van der Waals surface area contributed by atoms with Crippen LogP contribution in [0.25, 0.3) is 11.5 Å². The van der Waals surface area contributed by atoms with E-state index in [1.807, 2.05) is 16.8 Å². The van der Waals surface area contributed by atoms with Crippen molar-refractivity contribution in [1.82, 2.24) is 20.4 Å². The minimum Gasteiger partial charge on any atom is -0.334 e. The van der Waals surface area contributed by atoms with Crippen molar-refractivity contribution < 1.29 is 4.52 Å². The van der Waals surface area contributed by atoms with Gasteiger partial charge in [-0.05, 0) is 17.9 Å². The second-order valence-corrected chi connectivity index (χ2v) is 5.84. The Morgan fingerprint density at radius 2 is 2.30 bits per heavy atom. The largest absolute Gasteiger partial charge is 0.334 e. The number of hydrogen-bond donors (Lipinski definition) is 1. The fourth-order valence-corrected chi connectivity index (χ4v) is 3.25. The zero-order chi connectivity index (χ0) is 13.8. The number of thiophene rings is 1. The molecule has 1 N–H and O–H groups in total. The molecule has 0 bridgehead atoms. The third-order valence-corrected chi connectivity index (χ3v) is 4.35. The van der Waals surface area contributed by atoms with Crippen LogP contribution in [-0.2, 0) is 0 Å². The summed E-state index contributed by atoms with van der Waals surface area (Å²) in [6.07, 6.45) is 2.19. The number of hydrogen-bond acceptors (Lipinski definition) is 6. The van der Waals surface area contributed by atoms with Gasteiger partial charge in [-0.15, -0.1) is 0 Å². The van der Waals surface area contributed by atoms with Gasteiger partial charge in [-0.25, -0.2) is 0 Å². The monoisotopic (exact) mass is 292 g/mol. The molecule has 108 valence electrons. The maximum atomic E-state index is 5.43. The minimum atomic E-state index is 0.276. The minimum absolute atomic E-state index is 0.276. The molecule has 1 saturated heterocycles. The van der Waals surface area contributed by atoms with E-state index in [1.165, 1.54) is 0 Å². The van der Waals surface area contributed by atoms with E-state index in [0.29, 0.717) is 5.89 Å². The van der Waals surface area contributed by atoms with Crippen molar-refractivity contribution >= 4 is 11.3 Å². The zero-order valence-corrected chi connectivity index (χ0v) is 12.5. The van der Waals surface area contributed by atoms with E-state index in [2.05, 4.69) is 27.3 Å². The lowest BCUT2D eigenvalue weighted by Gasteiger charge is -2.33. The molecule has 3 heterocycles. The highest BCUT2D eigenvalue weighted by atomic mass is 32.1. The molecule has 3 rings (SSSR count). The van der Waals surface area contributed by atoms with E-state index in [-0.39, 0.29) is 6.04 Å². The summed E-state index contributed by atoms with van der Waals surface area (Å²) >= 11 is 1.64. The van der Waals surface area contributed by atoms with E-state index in [1.54, 1.807) is 11.3 Å². The van der Waals surface area contributed by atoms with Crippen LogP contribution < -0.4 is 5.32 Å².